The van der Waals surface area contributed by atoms with Crippen LogP contribution in [0.15, 0.2) is 24.4 Å². The van der Waals surface area contributed by atoms with Crippen LogP contribution in [-0.4, -0.2) is 9.78 Å². The lowest BCUT2D eigenvalue weighted by Gasteiger charge is -2.01. The zero-order valence-corrected chi connectivity index (χ0v) is 10.5. The van der Waals surface area contributed by atoms with Gasteiger partial charge in [0.05, 0.1) is 22.9 Å². The fraction of sp³-hybridized carbons (Fsp3) is 0. The minimum absolute atomic E-state index is 0.194. The van der Waals surface area contributed by atoms with Crippen LogP contribution in [0, 0.1) is 28.3 Å². The summed E-state index contributed by atoms with van der Waals surface area (Å²) in [6, 6.07) is 5.77. The quantitative estimate of drug-likeness (QED) is 0.643. The molecule has 18 heavy (non-hydrogen) atoms. The molecule has 0 unspecified atom stereocenters. The van der Waals surface area contributed by atoms with E-state index < -0.39 is 5.82 Å². The molecule has 0 aliphatic carbocycles. The second-order valence-corrected chi connectivity index (χ2v) is 3.91. The zero-order valence-electron chi connectivity index (χ0n) is 8.85. The minimum atomic E-state index is -0.516. The highest BCUT2D eigenvalue weighted by atomic mass is 35.5. The highest BCUT2D eigenvalue weighted by Crippen LogP contribution is 2.18. The number of aromatic nitrogens is 2. The summed E-state index contributed by atoms with van der Waals surface area (Å²) in [7, 11) is 0. The van der Waals surface area contributed by atoms with E-state index >= 15 is 0 Å². The molecule has 1 aromatic carbocycles. The van der Waals surface area contributed by atoms with Crippen molar-refractivity contribution in [3.05, 3.63) is 46.5 Å². The minimum Gasteiger partial charge on any atom is -0.238 e. The molecule has 0 amide bonds. The summed E-state index contributed by atoms with van der Waals surface area (Å²) < 4.78 is 14.7. The molecule has 0 N–H and O–H groups in total. The maximum absolute atomic E-state index is 13.3. The number of benzene rings is 1. The average molecular weight is 278 g/mol. The van der Waals surface area contributed by atoms with E-state index in [4.69, 9.17) is 16.9 Å². The molecule has 0 spiro atoms. The first-order valence-electron chi connectivity index (χ1n) is 4.75. The van der Waals surface area contributed by atoms with Crippen LogP contribution in [0.5, 0.6) is 0 Å². The fourth-order valence-electron chi connectivity index (χ4n) is 1.40. The maximum atomic E-state index is 13.3. The smallest absolute Gasteiger partial charge is 0.167 e. The van der Waals surface area contributed by atoms with Crippen LogP contribution < -0.4 is 0 Å². The van der Waals surface area contributed by atoms with Crippen molar-refractivity contribution in [1.82, 2.24) is 9.78 Å². The van der Waals surface area contributed by atoms with Gasteiger partial charge in [0, 0.05) is 6.20 Å². The number of nitriles is 1. The molecule has 0 aliphatic rings. The summed E-state index contributed by atoms with van der Waals surface area (Å²) >= 11 is 9.62. The van der Waals surface area contributed by atoms with E-state index in [0.29, 0.717) is 11.3 Å². The topological polar surface area (TPSA) is 41.6 Å². The summed E-state index contributed by atoms with van der Waals surface area (Å²) in [5, 5.41) is 15.4. The standard InChI is InChI=1S/C12H5ClFN3S/c13-12-9(1-2-18)7-17(16-12)11-4-8(6-15)3-10(14)5-11/h3-5,7,18H. The molecule has 3 nitrogen and oxygen atoms in total. The first kappa shape index (κ1) is 12.5. The second kappa shape index (κ2) is 5.14. The molecule has 0 saturated heterocycles. The van der Waals surface area contributed by atoms with Gasteiger partial charge in [0.1, 0.15) is 5.82 Å². The molecule has 88 valence electrons. The normalized spacial score (nSPS) is 9.44. The highest BCUT2D eigenvalue weighted by molar-refractivity contribution is 7.85. The van der Waals surface area contributed by atoms with Gasteiger partial charge in [0.2, 0.25) is 0 Å². The van der Waals surface area contributed by atoms with E-state index in [1.165, 1.54) is 16.8 Å². The number of thiol groups is 1. The Kier molecular flexibility index (Phi) is 3.57. The summed E-state index contributed by atoms with van der Waals surface area (Å²) in [5.74, 6) is 2.13. The van der Waals surface area contributed by atoms with Crippen LogP contribution in [0.25, 0.3) is 5.69 Å². The molecule has 0 bridgehead atoms. The third-order valence-electron chi connectivity index (χ3n) is 2.14. The summed E-state index contributed by atoms with van der Waals surface area (Å²) in [6.45, 7) is 0. The van der Waals surface area contributed by atoms with Crippen LogP contribution in [0.2, 0.25) is 5.15 Å². The third-order valence-corrected chi connectivity index (χ3v) is 2.53. The number of rotatable bonds is 1. The van der Waals surface area contributed by atoms with Crippen molar-refractivity contribution in [3.63, 3.8) is 0 Å². The predicted molar refractivity (Wildman–Crippen MR) is 69.1 cm³/mol. The molecular formula is C12H5ClFN3S. The van der Waals surface area contributed by atoms with E-state index in [2.05, 4.69) is 28.9 Å². The lowest BCUT2D eigenvalue weighted by Crippen LogP contribution is -1.96. The monoisotopic (exact) mass is 277 g/mol. The van der Waals surface area contributed by atoms with Crippen molar-refractivity contribution in [2.45, 2.75) is 0 Å². The lowest BCUT2D eigenvalue weighted by molar-refractivity contribution is 0.625. The molecular weight excluding hydrogens is 273 g/mol. The Morgan fingerprint density at radius 3 is 2.83 bits per heavy atom. The van der Waals surface area contributed by atoms with E-state index in [1.54, 1.807) is 6.20 Å². The Bertz CT molecular complexity index is 706. The highest BCUT2D eigenvalue weighted by Gasteiger charge is 2.08. The van der Waals surface area contributed by atoms with Crippen molar-refractivity contribution in [2.24, 2.45) is 0 Å². The van der Waals surface area contributed by atoms with Crippen LogP contribution in [0.1, 0.15) is 11.1 Å². The van der Waals surface area contributed by atoms with E-state index in [0.717, 1.165) is 6.07 Å². The van der Waals surface area contributed by atoms with E-state index in [-0.39, 0.29) is 10.7 Å². The van der Waals surface area contributed by atoms with Crippen LogP contribution in [0.3, 0.4) is 0 Å². The first-order valence-corrected chi connectivity index (χ1v) is 5.58. The Balaban J connectivity index is 2.54. The van der Waals surface area contributed by atoms with Crippen molar-refractivity contribution < 1.29 is 4.39 Å². The molecule has 0 aliphatic heterocycles. The lowest BCUT2D eigenvalue weighted by atomic mass is 10.2. The van der Waals surface area contributed by atoms with Crippen LogP contribution >= 0.6 is 24.2 Å². The molecule has 2 aromatic rings. The number of nitrogens with zero attached hydrogens (tertiary/aromatic N) is 3. The van der Waals surface area contributed by atoms with Gasteiger partial charge in [0.25, 0.3) is 0 Å². The van der Waals surface area contributed by atoms with Crippen LogP contribution in [0.4, 0.5) is 4.39 Å². The largest absolute Gasteiger partial charge is 0.238 e. The maximum Gasteiger partial charge on any atom is 0.167 e. The molecule has 2 rings (SSSR count). The summed E-state index contributed by atoms with van der Waals surface area (Å²) in [6.07, 6.45) is 1.54. The van der Waals surface area contributed by atoms with Crippen molar-refractivity contribution in [3.8, 4) is 22.9 Å². The van der Waals surface area contributed by atoms with Gasteiger partial charge in [0.15, 0.2) is 5.15 Å². The zero-order chi connectivity index (χ0) is 13.1. The van der Waals surface area contributed by atoms with Gasteiger partial charge in [-0.15, -0.1) is 0 Å². The molecule has 0 saturated carbocycles. The second-order valence-electron chi connectivity index (χ2n) is 3.32. The van der Waals surface area contributed by atoms with Gasteiger partial charge in [-0.2, -0.15) is 10.4 Å². The molecule has 6 heteroatoms. The molecule has 0 atom stereocenters. The van der Waals surface area contributed by atoms with Crippen molar-refractivity contribution in [2.75, 3.05) is 0 Å². The Morgan fingerprint density at radius 2 is 2.17 bits per heavy atom. The van der Waals surface area contributed by atoms with Gasteiger partial charge < -0.3 is 0 Å². The van der Waals surface area contributed by atoms with Crippen molar-refractivity contribution >= 4 is 24.2 Å². The Hall–Kier alpha value is -1.95. The molecule has 0 radical (unpaired) electrons. The van der Waals surface area contributed by atoms with Gasteiger partial charge >= 0.3 is 0 Å². The number of halogens is 2. The Morgan fingerprint density at radius 1 is 1.39 bits per heavy atom. The van der Waals surface area contributed by atoms with E-state index in [9.17, 15) is 4.39 Å². The summed E-state index contributed by atoms with van der Waals surface area (Å²) in [4.78, 5) is 0. The predicted octanol–water partition coefficient (Wildman–Crippen LogP) is 2.78. The fourth-order valence-corrected chi connectivity index (χ4v) is 1.70. The van der Waals surface area contributed by atoms with Gasteiger partial charge in [-0.1, -0.05) is 30.2 Å². The Labute approximate surface area is 113 Å². The number of hydrogen-bond acceptors (Lipinski definition) is 3. The first-order chi connectivity index (χ1) is 8.63. The average Bonchev–Trinajstić information content (AvgIpc) is 2.71. The number of hydrogen-bond donors (Lipinski definition) is 1. The van der Waals surface area contributed by atoms with Gasteiger partial charge in [-0.3, -0.25) is 0 Å². The van der Waals surface area contributed by atoms with Crippen molar-refractivity contribution in [1.29, 1.82) is 5.26 Å². The van der Waals surface area contributed by atoms with Gasteiger partial charge in [-0.25, -0.2) is 9.07 Å². The third kappa shape index (κ3) is 2.48. The molecule has 1 heterocycles. The summed E-state index contributed by atoms with van der Waals surface area (Å²) in [5.41, 5.74) is 1.09. The van der Waals surface area contributed by atoms with E-state index in [1.807, 2.05) is 6.07 Å². The molecule has 1 aromatic heterocycles. The van der Waals surface area contributed by atoms with Gasteiger partial charge in [-0.05, 0) is 23.5 Å². The molecule has 0 fully saturated rings. The SMILES string of the molecule is N#Cc1cc(F)cc(-n2cc(C#CS)c(Cl)n2)c1. The van der Waals surface area contributed by atoms with Crippen LogP contribution in [-0.2, 0) is 0 Å².